The van der Waals surface area contributed by atoms with Gasteiger partial charge >= 0.3 is 5.97 Å². The van der Waals surface area contributed by atoms with Gasteiger partial charge in [-0.05, 0) is 36.4 Å². The molecule has 0 spiro atoms. The lowest BCUT2D eigenvalue weighted by molar-refractivity contribution is -0.115. The van der Waals surface area contributed by atoms with E-state index in [2.05, 4.69) is 5.32 Å². The van der Waals surface area contributed by atoms with Crippen molar-refractivity contribution in [1.29, 1.82) is 5.26 Å². The van der Waals surface area contributed by atoms with E-state index in [1.165, 1.54) is 0 Å². The molecule has 0 fully saturated rings. The van der Waals surface area contributed by atoms with Gasteiger partial charge in [-0.15, -0.1) is 0 Å². The Kier molecular flexibility index (Phi) is 7.01. The van der Waals surface area contributed by atoms with Crippen LogP contribution < -0.4 is 10.1 Å². The minimum Gasteiger partial charge on any atom is -0.493 e. The van der Waals surface area contributed by atoms with Crippen LogP contribution in [0.4, 0.5) is 5.69 Å². The van der Waals surface area contributed by atoms with Crippen LogP contribution in [0.15, 0.2) is 54.6 Å². The third kappa shape index (κ3) is 6.36. The van der Waals surface area contributed by atoms with E-state index in [1.54, 1.807) is 30.3 Å². The lowest BCUT2D eigenvalue weighted by Gasteiger charge is -2.08. The molecule has 25 heavy (non-hydrogen) atoms. The van der Waals surface area contributed by atoms with Crippen molar-refractivity contribution >= 4 is 17.6 Å². The summed E-state index contributed by atoms with van der Waals surface area (Å²) in [6, 6.07) is 17.5. The van der Waals surface area contributed by atoms with Crippen molar-refractivity contribution < 1.29 is 19.1 Å². The number of benzene rings is 2. The summed E-state index contributed by atoms with van der Waals surface area (Å²) in [5.74, 6) is -0.0475. The van der Waals surface area contributed by atoms with E-state index < -0.39 is 11.9 Å². The third-order valence-corrected chi connectivity index (χ3v) is 3.18. The third-order valence-electron chi connectivity index (χ3n) is 3.18. The average Bonchev–Trinajstić information content (AvgIpc) is 2.63. The molecule has 0 heterocycles. The number of carbonyl (C=O) groups is 2. The van der Waals surface area contributed by atoms with Gasteiger partial charge in [-0.3, -0.25) is 4.79 Å². The monoisotopic (exact) mass is 338 g/mol. The normalized spacial score (nSPS) is 9.72. The maximum absolute atomic E-state index is 11.9. The van der Waals surface area contributed by atoms with Gasteiger partial charge in [0.25, 0.3) is 0 Å². The van der Waals surface area contributed by atoms with E-state index in [0.717, 1.165) is 5.75 Å². The number of para-hydroxylation sites is 1. The maximum atomic E-state index is 11.9. The first kappa shape index (κ1) is 18.0. The molecule has 0 unspecified atom stereocenters. The molecule has 0 aromatic heterocycles. The van der Waals surface area contributed by atoms with Crippen LogP contribution >= 0.6 is 0 Å². The first-order chi connectivity index (χ1) is 12.2. The lowest BCUT2D eigenvalue weighted by atomic mass is 10.2. The van der Waals surface area contributed by atoms with Gasteiger partial charge in [0.1, 0.15) is 12.2 Å². The largest absolute Gasteiger partial charge is 0.493 e. The fourth-order valence-electron chi connectivity index (χ4n) is 1.98. The number of anilines is 1. The molecule has 0 aliphatic heterocycles. The number of hydrogen-bond acceptors (Lipinski definition) is 5. The highest BCUT2D eigenvalue weighted by atomic mass is 16.5. The van der Waals surface area contributed by atoms with E-state index >= 15 is 0 Å². The second-order valence-electron chi connectivity index (χ2n) is 5.11. The number of amides is 1. The van der Waals surface area contributed by atoms with Gasteiger partial charge in [0, 0.05) is 12.1 Å². The zero-order chi connectivity index (χ0) is 17.9. The molecular weight excluding hydrogens is 320 g/mol. The van der Waals surface area contributed by atoms with Gasteiger partial charge in [-0.1, -0.05) is 18.2 Å². The summed E-state index contributed by atoms with van der Waals surface area (Å²) in [6.45, 7) is 0.716. The maximum Gasteiger partial charge on any atom is 0.338 e. The standard InChI is InChI=1S/C19H18N2O4/c20-12-11-18(22)21-16-9-7-15(8-10-16)19(23)25-14-4-13-24-17-5-2-1-3-6-17/h1-3,5-10H,4,11,13-14H2,(H,21,22). The predicted octanol–water partition coefficient (Wildman–Crippen LogP) is 3.16. The quantitative estimate of drug-likeness (QED) is 0.590. The smallest absolute Gasteiger partial charge is 0.338 e. The Morgan fingerprint density at radius 1 is 1.00 bits per heavy atom. The fraction of sp³-hybridized carbons (Fsp3) is 0.211. The van der Waals surface area contributed by atoms with Crippen LogP contribution in [0.5, 0.6) is 5.75 Å². The highest BCUT2D eigenvalue weighted by Gasteiger charge is 2.08. The second-order valence-corrected chi connectivity index (χ2v) is 5.11. The molecule has 6 heteroatoms. The van der Waals surface area contributed by atoms with Gasteiger partial charge in [0.2, 0.25) is 5.91 Å². The lowest BCUT2D eigenvalue weighted by Crippen LogP contribution is -2.11. The number of hydrogen-bond donors (Lipinski definition) is 1. The zero-order valence-corrected chi connectivity index (χ0v) is 13.6. The predicted molar refractivity (Wildman–Crippen MR) is 92.1 cm³/mol. The summed E-state index contributed by atoms with van der Waals surface area (Å²) in [4.78, 5) is 23.2. The Labute approximate surface area is 146 Å². The summed E-state index contributed by atoms with van der Waals surface area (Å²) in [5, 5.41) is 11.0. The molecule has 2 aromatic rings. The van der Waals surface area contributed by atoms with E-state index in [0.29, 0.717) is 24.3 Å². The van der Waals surface area contributed by atoms with Crippen molar-refractivity contribution in [1.82, 2.24) is 0 Å². The molecule has 0 aliphatic rings. The Bertz CT molecular complexity index is 736. The number of carbonyl (C=O) groups excluding carboxylic acids is 2. The first-order valence-electron chi connectivity index (χ1n) is 7.81. The van der Waals surface area contributed by atoms with E-state index in [9.17, 15) is 9.59 Å². The highest BCUT2D eigenvalue weighted by Crippen LogP contribution is 2.11. The van der Waals surface area contributed by atoms with Crippen LogP contribution in [0.25, 0.3) is 0 Å². The van der Waals surface area contributed by atoms with Crippen LogP contribution in [0.2, 0.25) is 0 Å². The molecule has 1 amide bonds. The Hall–Kier alpha value is -3.33. The van der Waals surface area contributed by atoms with Crippen molar-refractivity contribution in [3.05, 3.63) is 60.2 Å². The van der Waals surface area contributed by atoms with E-state index in [-0.39, 0.29) is 13.0 Å². The molecule has 0 aliphatic carbocycles. The van der Waals surface area contributed by atoms with E-state index in [1.807, 2.05) is 30.3 Å². The molecule has 2 aromatic carbocycles. The average molecular weight is 338 g/mol. The first-order valence-corrected chi connectivity index (χ1v) is 7.81. The molecule has 0 saturated heterocycles. The van der Waals surface area contributed by atoms with Gasteiger partial charge in [-0.2, -0.15) is 5.26 Å². The molecule has 0 radical (unpaired) electrons. The van der Waals surface area contributed by atoms with Crippen molar-refractivity contribution in [2.75, 3.05) is 18.5 Å². The van der Waals surface area contributed by atoms with Crippen molar-refractivity contribution in [2.45, 2.75) is 12.8 Å². The van der Waals surface area contributed by atoms with Gasteiger partial charge in [0.05, 0.1) is 24.8 Å². The Morgan fingerprint density at radius 3 is 2.40 bits per heavy atom. The number of nitriles is 1. The van der Waals surface area contributed by atoms with E-state index in [4.69, 9.17) is 14.7 Å². The number of ether oxygens (including phenoxy) is 2. The summed E-state index contributed by atoms with van der Waals surface area (Å²) in [6.07, 6.45) is 0.373. The van der Waals surface area contributed by atoms with Gasteiger partial charge < -0.3 is 14.8 Å². The summed E-state index contributed by atoms with van der Waals surface area (Å²) >= 11 is 0. The second kappa shape index (κ2) is 9.73. The molecule has 0 atom stereocenters. The number of rotatable bonds is 8. The molecule has 0 saturated carbocycles. The summed E-state index contributed by atoms with van der Waals surface area (Å²) < 4.78 is 10.7. The minimum absolute atomic E-state index is 0.213. The molecule has 128 valence electrons. The Balaban J connectivity index is 1.70. The number of nitrogens with one attached hydrogen (secondary N) is 1. The van der Waals surface area contributed by atoms with Crippen molar-refractivity contribution in [2.24, 2.45) is 0 Å². The topological polar surface area (TPSA) is 88.4 Å². The van der Waals surface area contributed by atoms with Crippen LogP contribution in [-0.2, 0) is 9.53 Å². The van der Waals surface area contributed by atoms with Crippen molar-refractivity contribution in [3.8, 4) is 11.8 Å². The molecule has 2 rings (SSSR count). The van der Waals surface area contributed by atoms with Crippen molar-refractivity contribution in [3.63, 3.8) is 0 Å². The molecule has 6 nitrogen and oxygen atoms in total. The molecule has 1 N–H and O–H groups in total. The minimum atomic E-state index is -0.436. The SMILES string of the molecule is N#CCC(=O)Nc1ccc(C(=O)OCCCOc2ccccc2)cc1. The molecular formula is C19H18N2O4. The van der Waals surface area contributed by atoms with Crippen LogP contribution in [0.1, 0.15) is 23.2 Å². The van der Waals surface area contributed by atoms with Gasteiger partial charge in [-0.25, -0.2) is 4.79 Å². The Morgan fingerprint density at radius 2 is 1.72 bits per heavy atom. The fourth-order valence-corrected chi connectivity index (χ4v) is 1.98. The number of nitrogens with zero attached hydrogens (tertiary/aromatic N) is 1. The zero-order valence-electron chi connectivity index (χ0n) is 13.6. The highest BCUT2D eigenvalue weighted by molar-refractivity contribution is 5.93. The number of esters is 1. The van der Waals surface area contributed by atoms with Crippen LogP contribution in [0, 0.1) is 11.3 Å². The van der Waals surface area contributed by atoms with Crippen LogP contribution in [-0.4, -0.2) is 25.1 Å². The van der Waals surface area contributed by atoms with Crippen LogP contribution in [0.3, 0.4) is 0 Å². The van der Waals surface area contributed by atoms with Gasteiger partial charge in [0.15, 0.2) is 0 Å². The molecule has 0 bridgehead atoms. The summed E-state index contributed by atoms with van der Waals surface area (Å²) in [7, 11) is 0. The summed E-state index contributed by atoms with van der Waals surface area (Å²) in [5.41, 5.74) is 0.912.